The summed E-state index contributed by atoms with van der Waals surface area (Å²) in [6, 6.07) is 6.70. The Morgan fingerprint density at radius 2 is 1.94 bits per heavy atom. The molecule has 0 fully saturated rings. The van der Waals surface area contributed by atoms with Crippen molar-refractivity contribution in [1.29, 1.82) is 0 Å². The van der Waals surface area contributed by atoms with Gasteiger partial charge in [0.05, 0.1) is 12.0 Å². The molecule has 0 radical (unpaired) electrons. The Kier molecular flexibility index (Phi) is 2.90. The number of carboxylic acid groups (broad SMARTS) is 1. The van der Waals surface area contributed by atoms with Crippen molar-refractivity contribution in [3.05, 3.63) is 40.6 Å². The molecule has 88 valence electrons. The number of hydrogen-bond donors (Lipinski definition) is 1. The molecule has 1 aliphatic heterocycles. The Hall–Kier alpha value is -1.81. The van der Waals surface area contributed by atoms with Crippen molar-refractivity contribution in [1.82, 2.24) is 0 Å². The number of carbonyl (C=O) groups excluding carboxylic acids is 1. The average molecular weight is 252 g/mol. The van der Waals surface area contributed by atoms with Crippen LogP contribution in [-0.2, 0) is 9.59 Å². The van der Waals surface area contributed by atoms with Crippen LogP contribution in [0.25, 0.3) is 0 Å². The molecule has 1 aliphatic rings. The highest BCUT2D eigenvalue weighted by Gasteiger charge is 2.31. The molecule has 5 heteroatoms. The zero-order valence-electron chi connectivity index (χ0n) is 9.11. The molecular weight excluding hydrogens is 242 g/mol. The maximum atomic E-state index is 11.8. The number of aliphatic carboxylic acids is 1. The topological polar surface area (TPSA) is 57.6 Å². The van der Waals surface area contributed by atoms with Gasteiger partial charge in [0.2, 0.25) is 5.91 Å². The van der Waals surface area contributed by atoms with E-state index in [1.165, 1.54) is 4.90 Å². The summed E-state index contributed by atoms with van der Waals surface area (Å²) >= 11 is 5.76. The molecule has 0 saturated heterocycles. The molecule has 4 nitrogen and oxygen atoms in total. The van der Waals surface area contributed by atoms with Gasteiger partial charge in [0.1, 0.15) is 0 Å². The second-order valence-electron chi connectivity index (χ2n) is 3.75. The summed E-state index contributed by atoms with van der Waals surface area (Å²) in [4.78, 5) is 24.1. The zero-order chi connectivity index (χ0) is 12.6. The second-order valence-corrected chi connectivity index (χ2v) is 4.19. The number of carboxylic acids is 1. The van der Waals surface area contributed by atoms with E-state index < -0.39 is 5.97 Å². The van der Waals surface area contributed by atoms with E-state index in [4.69, 9.17) is 16.7 Å². The number of carbonyl (C=O) groups is 2. The van der Waals surface area contributed by atoms with Crippen LogP contribution in [0.5, 0.6) is 0 Å². The maximum Gasteiger partial charge on any atom is 0.333 e. The van der Waals surface area contributed by atoms with Gasteiger partial charge in [-0.1, -0.05) is 11.6 Å². The molecule has 1 N–H and O–H groups in total. The molecule has 0 atom stereocenters. The molecular formula is C12H10ClNO3. The lowest BCUT2D eigenvalue weighted by atomic mass is 10.2. The summed E-state index contributed by atoms with van der Waals surface area (Å²) in [6.45, 7) is 1.63. The Labute approximate surface area is 103 Å². The van der Waals surface area contributed by atoms with Crippen LogP contribution in [0.4, 0.5) is 5.69 Å². The van der Waals surface area contributed by atoms with Crippen LogP contribution in [0.1, 0.15) is 13.3 Å². The van der Waals surface area contributed by atoms with E-state index in [1.54, 1.807) is 31.2 Å². The van der Waals surface area contributed by atoms with Gasteiger partial charge in [-0.2, -0.15) is 0 Å². The third kappa shape index (κ3) is 2.03. The van der Waals surface area contributed by atoms with Gasteiger partial charge in [-0.15, -0.1) is 0 Å². The van der Waals surface area contributed by atoms with E-state index in [9.17, 15) is 9.59 Å². The van der Waals surface area contributed by atoms with Crippen molar-refractivity contribution in [2.24, 2.45) is 0 Å². The molecule has 1 heterocycles. The summed E-state index contributed by atoms with van der Waals surface area (Å²) in [5.41, 5.74) is 1.24. The molecule has 17 heavy (non-hydrogen) atoms. The molecule has 0 saturated carbocycles. The van der Waals surface area contributed by atoms with Gasteiger partial charge < -0.3 is 5.11 Å². The molecule has 0 aromatic heterocycles. The number of allylic oxidation sites excluding steroid dienone is 1. The van der Waals surface area contributed by atoms with Gasteiger partial charge in [0.15, 0.2) is 0 Å². The lowest BCUT2D eigenvalue weighted by Crippen LogP contribution is -2.23. The Balaban J connectivity index is 2.42. The van der Waals surface area contributed by atoms with Crippen molar-refractivity contribution >= 4 is 29.2 Å². The highest BCUT2D eigenvalue weighted by Crippen LogP contribution is 2.30. The van der Waals surface area contributed by atoms with E-state index in [0.717, 1.165) is 0 Å². The van der Waals surface area contributed by atoms with Crippen molar-refractivity contribution in [3.8, 4) is 0 Å². The first-order valence-corrected chi connectivity index (χ1v) is 5.40. The predicted molar refractivity (Wildman–Crippen MR) is 63.9 cm³/mol. The number of hydrogen-bond acceptors (Lipinski definition) is 2. The Morgan fingerprint density at radius 1 is 1.35 bits per heavy atom. The van der Waals surface area contributed by atoms with Crippen LogP contribution in [0, 0.1) is 0 Å². The first kappa shape index (κ1) is 11.7. The summed E-state index contributed by atoms with van der Waals surface area (Å²) in [6.07, 6.45) is -0.0657. The van der Waals surface area contributed by atoms with E-state index in [0.29, 0.717) is 16.4 Å². The minimum atomic E-state index is -1.05. The first-order chi connectivity index (χ1) is 8.00. The van der Waals surface area contributed by atoms with Crippen molar-refractivity contribution in [3.63, 3.8) is 0 Å². The molecule has 1 aromatic rings. The fourth-order valence-corrected chi connectivity index (χ4v) is 1.96. The van der Waals surface area contributed by atoms with Crippen LogP contribution in [-0.4, -0.2) is 17.0 Å². The molecule has 0 spiro atoms. The van der Waals surface area contributed by atoms with E-state index in [2.05, 4.69) is 0 Å². The summed E-state index contributed by atoms with van der Waals surface area (Å²) in [7, 11) is 0. The van der Waals surface area contributed by atoms with Crippen LogP contribution >= 0.6 is 11.6 Å². The minimum Gasteiger partial charge on any atom is -0.478 e. The normalized spacial score (nSPS) is 15.6. The number of anilines is 1. The molecule has 0 aliphatic carbocycles. The Bertz CT molecular complexity index is 519. The van der Waals surface area contributed by atoms with Gasteiger partial charge >= 0.3 is 5.97 Å². The molecule has 1 amide bonds. The summed E-state index contributed by atoms with van der Waals surface area (Å²) < 4.78 is 0. The third-order valence-electron chi connectivity index (χ3n) is 2.69. The number of nitrogens with zero attached hydrogens (tertiary/aromatic N) is 1. The minimum absolute atomic E-state index is 0.0657. The standard InChI is InChI=1S/C12H10ClNO3/c1-7-10(12(16)17)6-11(15)14(7)9-4-2-8(13)3-5-9/h2-5H,6H2,1H3,(H,16,17). The van der Waals surface area contributed by atoms with Gasteiger partial charge in [0.25, 0.3) is 0 Å². The fraction of sp³-hybridized carbons (Fsp3) is 0.167. The third-order valence-corrected chi connectivity index (χ3v) is 2.94. The number of halogens is 1. The molecule has 0 bridgehead atoms. The largest absolute Gasteiger partial charge is 0.478 e. The van der Waals surface area contributed by atoms with Gasteiger partial charge in [-0.3, -0.25) is 9.69 Å². The summed E-state index contributed by atoms with van der Waals surface area (Å²) in [5, 5.41) is 9.52. The highest BCUT2D eigenvalue weighted by molar-refractivity contribution is 6.30. The fourth-order valence-electron chi connectivity index (χ4n) is 1.84. The van der Waals surface area contributed by atoms with Crippen molar-refractivity contribution < 1.29 is 14.7 Å². The maximum absolute atomic E-state index is 11.8. The van der Waals surface area contributed by atoms with E-state index in [1.807, 2.05) is 0 Å². The summed E-state index contributed by atoms with van der Waals surface area (Å²) in [5.74, 6) is -1.28. The number of rotatable bonds is 2. The quantitative estimate of drug-likeness (QED) is 0.878. The van der Waals surface area contributed by atoms with Crippen LogP contribution < -0.4 is 4.90 Å². The monoisotopic (exact) mass is 251 g/mol. The smallest absolute Gasteiger partial charge is 0.333 e. The van der Waals surface area contributed by atoms with Crippen LogP contribution in [0.3, 0.4) is 0 Å². The Morgan fingerprint density at radius 3 is 2.41 bits per heavy atom. The van der Waals surface area contributed by atoms with Gasteiger partial charge in [-0.25, -0.2) is 4.79 Å². The lowest BCUT2D eigenvalue weighted by Gasteiger charge is -2.17. The highest BCUT2D eigenvalue weighted by atomic mass is 35.5. The average Bonchev–Trinajstić information content (AvgIpc) is 2.56. The SMILES string of the molecule is CC1=C(C(=O)O)CC(=O)N1c1ccc(Cl)cc1. The molecule has 1 aromatic carbocycles. The predicted octanol–water partition coefficient (Wildman–Crippen LogP) is 2.44. The molecule has 2 rings (SSSR count). The van der Waals surface area contributed by atoms with E-state index >= 15 is 0 Å². The van der Waals surface area contributed by atoms with Crippen molar-refractivity contribution in [2.75, 3.05) is 4.90 Å². The molecule has 0 unspecified atom stereocenters. The number of amides is 1. The van der Waals surface area contributed by atoms with Gasteiger partial charge in [-0.05, 0) is 31.2 Å². The van der Waals surface area contributed by atoms with Crippen LogP contribution in [0.15, 0.2) is 35.5 Å². The van der Waals surface area contributed by atoms with E-state index in [-0.39, 0.29) is 17.9 Å². The first-order valence-electron chi connectivity index (χ1n) is 5.02. The van der Waals surface area contributed by atoms with Crippen LogP contribution in [0.2, 0.25) is 5.02 Å². The second kappa shape index (κ2) is 4.22. The van der Waals surface area contributed by atoms with Gasteiger partial charge in [0, 0.05) is 16.4 Å². The zero-order valence-corrected chi connectivity index (χ0v) is 9.86. The number of benzene rings is 1. The lowest BCUT2D eigenvalue weighted by molar-refractivity contribution is -0.133. The van der Waals surface area contributed by atoms with Crippen molar-refractivity contribution in [2.45, 2.75) is 13.3 Å².